The van der Waals surface area contributed by atoms with Crippen LogP contribution >= 0.6 is 11.6 Å². The second kappa shape index (κ2) is 7.42. The first-order chi connectivity index (χ1) is 10.6. The van der Waals surface area contributed by atoms with E-state index in [1.807, 2.05) is 0 Å². The number of halogens is 1. The van der Waals surface area contributed by atoms with Crippen LogP contribution in [0.1, 0.15) is 17.4 Å². The van der Waals surface area contributed by atoms with Gasteiger partial charge in [-0.1, -0.05) is 23.7 Å². The molecule has 2 amide bonds. The zero-order valence-corrected chi connectivity index (χ0v) is 12.5. The highest BCUT2D eigenvalue weighted by molar-refractivity contribution is 6.30. The molecule has 1 heterocycles. The minimum atomic E-state index is -0.803. The number of ether oxygens (including phenoxy) is 1. The van der Waals surface area contributed by atoms with Crippen molar-refractivity contribution in [2.75, 3.05) is 0 Å². The average molecular weight is 320 g/mol. The van der Waals surface area contributed by atoms with Crippen molar-refractivity contribution in [2.24, 2.45) is 0 Å². The fourth-order valence-electron chi connectivity index (χ4n) is 1.58. The lowest BCUT2D eigenvalue weighted by atomic mass is 10.3. The molecule has 6 nitrogen and oxygen atoms in total. The Kier molecular flexibility index (Phi) is 5.32. The first-order valence-electron chi connectivity index (χ1n) is 6.49. The van der Waals surface area contributed by atoms with E-state index in [0.717, 1.165) is 0 Å². The van der Waals surface area contributed by atoms with Gasteiger partial charge in [-0.05, 0) is 37.3 Å². The van der Waals surface area contributed by atoms with Crippen molar-refractivity contribution < 1.29 is 14.3 Å². The predicted molar refractivity (Wildman–Crippen MR) is 81.4 cm³/mol. The molecule has 0 aliphatic rings. The van der Waals surface area contributed by atoms with Gasteiger partial charge in [-0.25, -0.2) is 0 Å². The fourth-order valence-corrected chi connectivity index (χ4v) is 1.76. The number of carbonyl (C=O) groups excluding carboxylic acids is 2. The molecule has 2 aromatic rings. The summed E-state index contributed by atoms with van der Waals surface area (Å²) in [7, 11) is 0. The average Bonchev–Trinajstić information content (AvgIpc) is 2.53. The monoisotopic (exact) mass is 319 g/mol. The third-order valence-corrected chi connectivity index (χ3v) is 2.91. The predicted octanol–water partition coefficient (Wildman–Crippen LogP) is 1.96. The summed E-state index contributed by atoms with van der Waals surface area (Å²) in [5.74, 6) is -0.542. The Bertz CT molecular complexity index is 664. The van der Waals surface area contributed by atoms with Crippen LogP contribution in [0.2, 0.25) is 5.02 Å². The molecule has 1 atom stereocenters. The molecule has 0 saturated carbocycles. The summed E-state index contributed by atoms with van der Waals surface area (Å²) >= 11 is 5.83. The first kappa shape index (κ1) is 15.8. The molecule has 0 spiro atoms. The van der Waals surface area contributed by atoms with Gasteiger partial charge in [0.15, 0.2) is 6.10 Å². The number of rotatable bonds is 4. The summed E-state index contributed by atoms with van der Waals surface area (Å²) in [5.41, 5.74) is 4.75. The topological polar surface area (TPSA) is 80.3 Å². The second-order valence-corrected chi connectivity index (χ2v) is 4.81. The molecular formula is C15H14ClN3O3. The Morgan fingerprint density at radius 1 is 1.18 bits per heavy atom. The Morgan fingerprint density at radius 3 is 2.68 bits per heavy atom. The van der Waals surface area contributed by atoms with Gasteiger partial charge in [0.2, 0.25) is 0 Å². The molecular weight excluding hydrogens is 306 g/mol. The Hall–Kier alpha value is -2.60. The molecule has 0 fully saturated rings. The number of hydrogen-bond acceptors (Lipinski definition) is 4. The molecule has 1 aromatic carbocycles. The van der Waals surface area contributed by atoms with Gasteiger partial charge in [0.25, 0.3) is 11.8 Å². The summed E-state index contributed by atoms with van der Waals surface area (Å²) in [6.07, 6.45) is 0.684. The molecule has 2 rings (SSSR count). The van der Waals surface area contributed by atoms with Crippen molar-refractivity contribution in [2.45, 2.75) is 13.0 Å². The minimum Gasteiger partial charge on any atom is -0.481 e. The van der Waals surface area contributed by atoms with E-state index < -0.39 is 17.9 Å². The van der Waals surface area contributed by atoms with E-state index in [2.05, 4.69) is 15.8 Å². The number of pyridine rings is 1. The molecule has 2 N–H and O–H groups in total. The highest BCUT2D eigenvalue weighted by atomic mass is 35.5. The van der Waals surface area contributed by atoms with Crippen LogP contribution in [0.5, 0.6) is 5.75 Å². The summed E-state index contributed by atoms with van der Waals surface area (Å²) in [6.45, 7) is 1.56. The van der Waals surface area contributed by atoms with Gasteiger partial charge < -0.3 is 4.74 Å². The van der Waals surface area contributed by atoms with Gasteiger partial charge in [-0.3, -0.25) is 25.4 Å². The quantitative estimate of drug-likeness (QED) is 0.844. The number of hydrazine groups is 1. The summed E-state index contributed by atoms with van der Waals surface area (Å²) in [6, 6.07) is 11.6. The fraction of sp³-hybridized carbons (Fsp3) is 0.133. The highest BCUT2D eigenvalue weighted by Gasteiger charge is 2.16. The Morgan fingerprint density at radius 2 is 2.00 bits per heavy atom. The molecule has 7 heteroatoms. The smallest absolute Gasteiger partial charge is 0.288 e. The lowest BCUT2D eigenvalue weighted by Gasteiger charge is -2.15. The van der Waals surface area contributed by atoms with E-state index >= 15 is 0 Å². The van der Waals surface area contributed by atoms with E-state index in [-0.39, 0.29) is 5.69 Å². The Labute approximate surface area is 132 Å². The van der Waals surface area contributed by atoms with Crippen LogP contribution in [0.15, 0.2) is 48.7 Å². The van der Waals surface area contributed by atoms with Crippen molar-refractivity contribution in [3.63, 3.8) is 0 Å². The maximum absolute atomic E-state index is 11.9. The zero-order chi connectivity index (χ0) is 15.9. The third kappa shape index (κ3) is 4.46. The van der Waals surface area contributed by atoms with Crippen LogP contribution in [-0.2, 0) is 4.79 Å². The maximum Gasteiger partial charge on any atom is 0.288 e. The largest absolute Gasteiger partial charge is 0.481 e. The van der Waals surface area contributed by atoms with Gasteiger partial charge in [-0.2, -0.15) is 0 Å². The minimum absolute atomic E-state index is 0.200. The summed E-state index contributed by atoms with van der Waals surface area (Å²) in [5, 5.41) is 0.508. The van der Waals surface area contributed by atoms with Crippen molar-refractivity contribution in [3.05, 3.63) is 59.4 Å². The number of aromatic nitrogens is 1. The van der Waals surface area contributed by atoms with Crippen LogP contribution in [-0.4, -0.2) is 22.9 Å². The van der Waals surface area contributed by atoms with Gasteiger partial charge in [0.05, 0.1) is 0 Å². The molecule has 0 aliphatic heterocycles. The molecule has 0 aliphatic carbocycles. The number of nitrogens with one attached hydrogen (secondary N) is 2. The molecule has 0 saturated heterocycles. The van der Waals surface area contributed by atoms with Crippen LogP contribution in [0.3, 0.4) is 0 Å². The number of benzene rings is 1. The molecule has 114 valence electrons. The van der Waals surface area contributed by atoms with Crippen molar-refractivity contribution in [1.29, 1.82) is 0 Å². The van der Waals surface area contributed by atoms with Crippen LogP contribution in [0.25, 0.3) is 0 Å². The van der Waals surface area contributed by atoms with Gasteiger partial charge in [0, 0.05) is 11.2 Å². The van der Waals surface area contributed by atoms with Crippen LogP contribution < -0.4 is 15.6 Å². The van der Waals surface area contributed by atoms with Crippen molar-refractivity contribution in [3.8, 4) is 5.75 Å². The van der Waals surface area contributed by atoms with E-state index in [0.29, 0.717) is 10.8 Å². The number of nitrogens with zero attached hydrogens (tertiary/aromatic N) is 1. The van der Waals surface area contributed by atoms with E-state index in [1.54, 1.807) is 43.3 Å². The van der Waals surface area contributed by atoms with Crippen molar-refractivity contribution >= 4 is 23.4 Å². The lowest BCUT2D eigenvalue weighted by molar-refractivity contribution is -0.128. The summed E-state index contributed by atoms with van der Waals surface area (Å²) < 4.78 is 5.43. The number of hydrogen-bond donors (Lipinski definition) is 2. The molecule has 0 bridgehead atoms. The van der Waals surface area contributed by atoms with E-state index in [1.165, 1.54) is 12.3 Å². The molecule has 1 aromatic heterocycles. The van der Waals surface area contributed by atoms with Gasteiger partial charge in [0.1, 0.15) is 11.4 Å². The molecule has 0 radical (unpaired) electrons. The van der Waals surface area contributed by atoms with E-state index in [9.17, 15) is 9.59 Å². The lowest BCUT2D eigenvalue weighted by Crippen LogP contribution is -2.47. The van der Waals surface area contributed by atoms with Crippen LogP contribution in [0, 0.1) is 0 Å². The third-order valence-electron chi connectivity index (χ3n) is 2.67. The Balaban J connectivity index is 1.85. The number of amides is 2. The zero-order valence-electron chi connectivity index (χ0n) is 11.7. The number of carbonyl (C=O) groups is 2. The molecule has 0 unspecified atom stereocenters. The van der Waals surface area contributed by atoms with Gasteiger partial charge >= 0.3 is 0 Å². The SMILES string of the molecule is C[C@@H](Oc1cccc(Cl)c1)C(=O)NNC(=O)c1ccccn1. The summed E-state index contributed by atoms with van der Waals surface area (Å²) in [4.78, 5) is 27.5. The standard InChI is InChI=1S/C15H14ClN3O3/c1-10(22-12-6-4-5-11(16)9-12)14(20)18-19-15(21)13-7-2-3-8-17-13/h2-10H,1H3,(H,18,20)(H,19,21)/t10-/m1/s1. The normalized spacial score (nSPS) is 11.4. The van der Waals surface area contributed by atoms with E-state index in [4.69, 9.17) is 16.3 Å². The molecule has 22 heavy (non-hydrogen) atoms. The van der Waals surface area contributed by atoms with Crippen LogP contribution in [0.4, 0.5) is 0 Å². The second-order valence-electron chi connectivity index (χ2n) is 4.38. The van der Waals surface area contributed by atoms with Crippen molar-refractivity contribution in [1.82, 2.24) is 15.8 Å². The highest BCUT2D eigenvalue weighted by Crippen LogP contribution is 2.18. The van der Waals surface area contributed by atoms with Gasteiger partial charge in [-0.15, -0.1) is 0 Å². The first-order valence-corrected chi connectivity index (χ1v) is 6.87. The maximum atomic E-state index is 11.9.